The van der Waals surface area contributed by atoms with Crippen molar-refractivity contribution in [1.82, 2.24) is 5.32 Å². The zero-order chi connectivity index (χ0) is 18.5. The molecule has 0 radical (unpaired) electrons. The lowest BCUT2D eigenvalue weighted by Crippen LogP contribution is -2.39. The highest BCUT2D eigenvalue weighted by Gasteiger charge is 2.27. The fraction of sp³-hybridized carbons (Fsp3) is 0.333. The highest BCUT2D eigenvalue weighted by atomic mass is 16.2. The second-order valence-corrected chi connectivity index (χ2v) is 6.86. The highest BCUT2D eigenvalue weighted by molar-refractivity contribution is 6.05. The van der Waals surface area contributed by atoms with E-state index in [9.17, 15) is 9.59 Å². The first-order valence-electron chi connectivity index (χ1n) is 9.06. The van der Waals surface area contributed by atoms with Crippen molar-refractivity contribution in [2.45, 2.75) is 32.2 Å². The number of benzene rings is 2. The standard InChI is InChI=1S/C21H25N3O2/c1-14-10-11-16(21(26)23-18-9-5-8-17(18)13-22)12-19(14)24-20(25)15-6-3-2-4-7-15/h2-4,6-7,10-12,17-18H,5,8-9,13,22H2,1H3,(H,23,26)(H,24,25). The third kappa shape index (κ3) is 4.11. The van der Waals surface area contributed by atoms with Gasteiger partial charge in [0.05, 0.1) is 0 Å². The molecule has 1 aliphatic carbocycles. The topological polar surface area (TPSA) is 84.2 Å². The van der Waals surface area contributed by atoms with Crippen LogP contribution in [0.1, 0.15) is 45.5 Å². The Labute approximate surface area is 154 Å². The number of nitrogens with one attached hydrogen (secondary N) is 2. The van der Waals surface area contributed by atoms with Gasteiger partial charge < -0.3 is 16.4 Å². The summed E-state index contributed by atoms with van der Waals surface area (Å²) < 4.78 is 0. The molecule has 1 saturated carbocycles. The average Bonchev–Trinajstić information content (AvgIpc) is 3.11. The molecule has 1 fully saturated rings. The lowest BCUT2D eigenvalue weighted by Gasteiger charge is -2.20. The van der Waals surface area contributed by atoms with Crippen LogP contribution in [-0.2, 0) is 0 Å². The Kier molecular flexibility index (Phi) is 5.68. The van der Waals surface area contributed by atoms with E-state index in [1.807, 2.05) is 31.2 Å². The number of carbonyl (C=O) groups excluding carboxylic acids is 2. The molecule has 0 aromatic heterocycles. The van der Waals surface area contributed by atoms with Gasteiger partial charge in [-0.05, 0) is 62.1 Å². The van der Waals surface area contributed by atoms with Crippen molar-refractivity contribution in [2.24, 2.45) is 11.7 Å². The van der Waals surface area contributed by atoms with Crippen molar-refractivity contribution in [2.75, 3.05) is 11.9 Å². The van der Waals surface area contributed by atoms with E-state index in [2.05, 4.69) is 10.6 Å². The van der Waals surface area contributed by atoms with Gasteiger partial charge >= 0.3 is 0 Å². The van der Waals surface area contributed by atoms with Gasteiger partial charge in [-0.3, -0.25) is 9.59 Å². The number of carbonyl (C=O) groups is 2. The normalized spacial score (nSPS) is 19.2. The molecule has 4 N–H and O–H groups in total. The monoisotopic (exact) mass is 351 g/mol. The van der Waals surface area contributed by atoms with Crippen LogP contribution in [0.3, 0.4) is 0 Å². The molecule has 5 heteroatoms. The van der Waals surface area contributed by atoms with Crippen molar-refractivity contribution >= 4 is 17.5 Å². The Morgan fingerprint density at radius 3 is 2.54 bits per heavy atom. The molecule has 0 aliphatic heterocycles. The third-order valence-corrected chi connectivity index (χ3v) is 5.06. The van der Waals surface area contributed by atoms with E-state index in [-0.39, 0.29) is 17.9 Å². The molecule has 3 rings (SSSR count). The maximum Gasteiger partial charge on any atom is 0.255 e. The molecular weight excluding hydrogens is 326 g/mol. The van der Waals surface area contributed by atoms with Crippen molar-refractivity contribution < 1.29 is 9.59 Å². The van der Waals surface area contributed by atoms with Gasteiger partial charge in [0, 0.05) is 22.9 Å². The van der Waals surface area contributed by atoms with Gasteiger partial charge in [-0.15, -0.1) is 0 Å². The van der Waals surface area contributed by atoms with E-state index in [1.54, 1.807) is 24.3 Å². The summed E-state index contributed by atoms with van der Waals surface area (Å²) in [6, 6.07) is 14.5. The Balaban J connectivity index is 1.73. The fourth-order valence-electron chi connectivity index (χ4n) is 3.44. The van der Waals surface area contributed by atoms with E-state index >= 15 is 0 Å². The molecule has 2 aromatic carbocycles. The van der Waals surface area contributed by atoms with Gasteiger partial charge in [-0.25, -0.2) is 0 Å². The quantitative estimate of drug-likeness (QED) is 0.774. The van der Waals surface area contributed by atoms with Gasteiger partial charge in [-0.2, -0.15) is 0 Å². The second-order valence-electron chi connectivity index (χ2n) is 6.86. The Morgan fingerprint density at radius 2 is 1.81 bits per heavy atom. The molecule has 26 heavy (non-hydrogen) atoms. The van der Waals surface area contributed by atoms with Crippen LogP contribution >= 0.6 is 0 Å². The van der Waals surface area contributed by atoms with Crippen LogP contribution in [-0.4, -0.2) is 24.4 Å². The van der Waals surface area contributed by atoms with Crippen LogP contribution < -0.4 is 16.4 Å². The minimum absolute atomic E-state index is 0.120. The van der Waals surface area contributed by atoms with Crippen LogP contribution in [0.4, 0.5) is 5.69 Å². The van der Waals surface area contributed by atoms with Crippen LogP contribution in [0.5, 0.6) is 0 Å². The molecule has 0 spiro atoms. The van der Waals surface area contributed by atoms with Crippen LogP contribution in [0.15, 0.2) is 48.5 Å². The lowest BCUT2D eigenvalue weighted by atomic mass is 10.0. The molecule has 5 nitrogen and oxygen atoms in total. The van der Waals surface area contributed by atoms with Gasteiger partial charge in [0.15, 0.2) is 0 Å². The Hall–Kier alpha value is -2.66. The number of rotatable bonds is 5. The molecule has 0 heterocycles. The predicted octanol–water partition coefficient (Wildman–Crippen LogP) is 3.10. The first-order valence-corrected chi connectivity index (χ1v) is 9.06. The van der Waals surface area contributed by atoms with E-state index in [4.69, 9.17) is 5.73 Å². The number of nitrogens with two attached hydrogens (primary N) is 1. The van der Waals surface area contributed by atoms with Gasteiger partial charge in [0.25, 0.3) is 11.8 Å². The molecule has 1 aliphatic rings. The third-order valence-electron chi connectivity index (χ3n) is 5.06. The van der Waals surface area contributed by atoms with Crippen molar-refractivity contribution in [3.63, 3.8) is 0 Å². The number of anilines is 1. The zero-order valence-corrected chi connectivity index (χ0v) is 15.0. The maximum atomic E-state index is 12.6. The van der Waals surface area contributed by atoms with E-state index < -0.39 is 0 Å². The molecule has 2 aromatic rings. The van der Waals surface area contributed by atoms with Crippen LogP contribution in [0.2, 0.25) is 0 Å². The summed E-state index contributed by atoms with van der Waals surface area (Å²) in [6.07, 6.45) is 3.13. The Bertz CT molecular complexity index is 789. The molecular formula is C21H25N3O2. The van der Waals surface area contributed by atoms with Gasteiger partial charge in [0.1, 0.15) is 0 Å². The number of amides is 2. The second kappa shape index (κ2) is 8.15. The van der Waals surface area contributed by atoms with E-state index in [0.717, 1.165) is 24.8 Å². The maximum absolute atomic E-state index is 12.6. The fourth-order valence-corrected chi connectivity index (χ4v) is 3.44. The summed E-state index contributed by atoms with van der Waals surface area (Å²) >= 11 is 0. The zero-order valence-electron chi connectivity index (χ0n) is 15.0. The number of hydrogen-bond donors (Lipinski definition) is 3. The minimum atomic E-state index is -0.190. The first kappa shape index (κ1) is 18.1. The number of hydrogen-bond acceptors (Lipinski definition) is 3. The van der Waals surface area contributed by atoms with Crippen LogP contribution in [0, 0.1) is 12.8 Å². The molecule has 136 valence electrons. The summed E-state index contributed by atoms with van der Waals surface area (Å²) in [7, 11) is 0. The Morgan fingerprint density at radius 1 is 1.04 bits per heavy atom. The molecule has 2 atom stereocenters. The van der Waals surface area contributed by atoms with Crippen molar-refractivity contribution in [1.29, 1.82) is 0 Å². The molecule has 0 saturated heterocycles. The number of aryl methyl sites for hydroxylation is 1. The largest absolute Gasteiger partial charge is 0.349 e. The smallest absolute Gasteiger partial charge is 0.255 e. The van der Waals surface area contributed by atoms with Gasteiger partial charge in [0.2, 0.25) is 0 Å². The molecule has 2 amide bonds. The van der Waals surface area contributed by atoms with Crippen molar-refractivity contribution in [3.05, 3.63) is 65.2 Å². The molecule has 2 unspecified atom stereocenters. The van der Waals surface area contributed by atoms with E-state index in [1.165, 1.54) is 0 Å². The summed E-state index contributed by atoms with van der Waals surface area (Å²) in [4.78, 5) is 25.0. The lowest BCUT2D eigenvalue weighted by molar-refractivity contribution is 0.0927. The average molecular weight is 351 g/mol. The predicted molar refractivity (Wildman–Crippen MR) is 103 cm³/mol. The van der Waals surface area contributed by atoms with Crippen LogP contribution in [0.25, 0.3) is 0 Å². The summed E-state index contributed by atoms with van der Waals surface area (Å²) in [5, 5.41) is 5.99. The highest BCUT2D eigenvalue weighted by Crippen LogP contribution is 2.25. The minimum Gasteiger partial charge on any atom is -0.349 e. The summed E-state index contributed by atoms with van der Waals surface area (Å²) in [6.45, 7) is 2.50. The molecule has 0 bridgehead atoms. The first-order chi connectivity index (χ1) is 12.6. The summed E-state index contributed by atoms with van der Waals surface area (Å²) in [5.41, 5.74) is 8.47. The van der Waals surface area contributed by atoms with Gasteiger partial charge in [-0.1, -0.05) is 30.7 Å². The summed E-state index contributed by atoms with van der Waals surface area (Å²) in [5.74, 6) is 0.0393. The van der Waals surface area contributed by atoms with E-state index in [0.29, 0.717) is 29.3 Å². The van der Waals surface area contributed by atoms with Crippen molar-refractivity contribution in [3.8, 4) is 0 Å². The SMILES string of the molecule is Cc1ccc(C(=O)NC2CCCC2CN)cc1NC(=O)c1ccccc1.